The van der Waals surface area contributed by atoms with Crippen LogP contribution in [-0.2, 0) is 4.74 Å². The number of hydrogen-bond donors (Lipinski definition) is 2. The Bertz CT molecular complexity index is 335. The van der Waals surface area contributed by atoms with Crippen LogP contribution in [0.5, 0.6) is 0 Å². The van der Waals surface area contributed by atoms with Crippen molar-refractivity contribution in [2.24, 2.45) is 11.8 Å². The van der Waals surface area contributed by atoms with Gasteiger partial charge >= 0.3 is 0 Å². The van der Waals surface area contributed by atoms with Gasteiger partial charge in [0.25, 0.3) is 0 Å². The highest BCUT2D eigenvalue weighted by atomic mass is 16.5. The van der Waals surface area contributed by atoms with E-state index in [0.717, 1.165) is 25.7 Å². The molecule has 3 nitrogen and oxygen atoms in total. The maximum atomic E-state index is 10.6. The van der Waals surface area contributed by atoms with Gasteiger partial charge in [0.1, 0.15) is 0 Å². The Morgan fingerprint density at radius 1 is 0.516 bits per heavy atom. The van der Waals surface area contributed by atoms with E-state index in [2.05, 4.69) is 41.5 Å². The fraction of sp³-hybridized carbons (Fsp3) is 1.00. The average molecular weight is 443 g/mol. The van der Waals surface area contributed by atoms with Gasteiger partial charge in [0.2, 0.25) is 0 Å². The molecule has 0 aromatic heterocycles. The van der Waals surface area contributed by atoms with E-state index in [1.165, 1.54) is 64.2 Å². The standard InChI is InChI=1S/C28H58O3/c1-7-9-11-13-15-17-19-25(29)21-27(23(3)4)31-28(24(5)6)22-26(30)20-18-16-14-12-10-8-2/h23-30H,7-22H2,1-6H3. The van der Waals surface area contributed by atoms with Gasteiger partial charge in [-0.1, -0.05) is 119 Å². The molecule has 0 saturated heterocycles. The van der Waals surface area contributed by atoms with Gasteiger partial charge in [-0.25, -0.2) is 0 Å². The topological polar surface area (TPSA) is 49.7 Å². The molecule has 0 fully saturated rings. The molecule has 0 aromatic rings. The van der Waals surface area contributed by atoms with Gasteiger partial charge in [-0.2, -0.15) is 0 Å². The second-order valence-electron chi connectivity index (χ2n) is 10.6. The molecule has 0 heterocycles. The van der Waals surface area contributed by atoms with E-state index in [0.29, 0.717) is 24.7 Å². The molecule has 2 N–H and O–H groups in total. The van der Waals surface area contributed by atoms with E-state index in [1.807, 2.05) is 0 Å². The first-order valence-corrected chi connectivity index (χ1v) is 13.8. The molecule has 0 spiro atoms. The van der Waals surface area contributed by atoms with Gasteiger partial charge < -0.3 is 14.9 Å². The Hall–Kier alpha value is -0.120. The van der Waals surface area contributed by atoms with Crippen LogP contribution in [0.1, 0.15) is 144 Å². The summed E-state index contributed by atoms with van der Waals surface area (Å²) in [6.07, 6.45) is 17.8. The summed E-state index contributed by atoms with van der Waals surface area (Å²) in [5, 5.41) is 21.2. The Morgan fingerprint density at radius 3 is 1.16 bits per heavy atom. The van der Waals surface area contributed by atoms with Crippen LogP contribution in [0.15, 0.2) is 0 Å². The second-order valence-corrected chi connectivity index (χ2v) is 10.6. The van der Waals surface area contributed by atoms with E-state index in [9.17, 15) is 10.2 Å². The summed E-state index contributed by atoms with van der Waals surface area (Å²) in [6.45, 7) is 13.2. The molecule has 4 atom stereocenters. The summed E-state index contributed by atoms with van der Waals surface area (Å²) in [5.41, 5.74) is 0. The summed E-state index contributed by atoms with van der Waals surface area (Å²) in [4.78, 5) is 0. The van der Waals surface area contributed by atoms with Crippen molar-refractivity contribution in [1.82, 2.24) is 0 Å². The number of hydrogen-bond acceptors (Lipinski definition) is 3. The van der Waals surface area contributed by atoms with Crippen molar-refractivity contribution in [1.29, 1.82) is 0 Å². The van der Waals surface area contributed by atoms with Crippen molar-refractivity contribution >= 4 is 0 Å². The van der Waals surface area contributed by atoms with Crippen molar-refractivity contribution in [2.45, 2.75) is 169 Å². The van der Waals surface area contributed by atoms with E-state index in [-0.39, 0.29) is 24.4 Å². The lowest BCUT2D eigenvalue weighted by Crippen LogP contribution is -2.35. The SMILES string of the molecule is CCCCCCCCC(O)CC(OC(CC(O)CCCCCCCC)C(C)C)C(C)C. The van der Waals surface area contributed by atoms with Crippen molar-refractivity contribution in [2.75, 3.05) is 0 Å². The zero-order valence-corrected chi connectivity index (χ0v) is 22.1. The molecule has 0 aliphatic rings. The van der Waals surface area contributed by atoms with Gasteiger partial charge in [0, 0.05) is 0 Å². The van der Waals surface area contributed by atoms with Gasteiger partial charge in [-0.15, -0.1) is 0 Å². The van der Waals surface area contributed by atoms with Gasteiger partial charge in [0.15, 0.2) is 0 Å². The zero-order chi connectivity index (χ0) is 23.5. The fourth-order valence-electron chi connectivity index (χ4n) is 4.29. The van der Waals surface area contributed by atoms with Crippen LogP contribution < -0.4 is 0 Å². The van der Waals surface area contributed by atoms with Crippen molar-refractivity contribution in [3.63, 3.8) is 0 Å². The third kappa shape index (κ3) is 18.0. The third-order valence-electron chi connectivity index (χ3n) is 6.63. The largest absolute Gasteiger partial charge is 0.393 e. The Balaban J connectivity index is 4.35. The Morgan fingerprint density at radius 2 is 0.839 bits per heavy atom. The third-order valence-corrected chi connectivity index (χ3v) is 6.63. The number of unbranched alkanes of at least 4 members (excludes halogenated alkanes) is 10. The van der Waals surface area contributed by atoms with Gasteiger partial charge in [0.05, 0.1) is 24.4 Å². The van der Waals surface area contributed by atoms with E-state index in [4.69, 9.17) is 4.74 Å². The highest BCUT2D eigenvalue weighted by Gasteiger charge is 2.26. The molecule has 4 unspecified atom stereocenters. The number of aliphatic hydroxyl groups is 2. The lowest BCUT2D eigenvalue weighted by molar-refractivity contribution is -0.0911. The summed E-state index contributed by atoms with van der Waals surface area (Å²) in [7, 11) is 0. The molecule has 0 rings (SSSR count). The Kier molecular flexibility index (Phi) is 20.4. The van der Waals surface area contributed by atoms with Crippen LogP contribution in [0.2, 0.25) is 0 Å². The smallest absolute Gasteiger partial charge is 0.0626 e. The van der Waals surface area contributed by atoms with Crippen molar-refractivity contribution in [3.8, 4) is 0 Å². The first-order chi connectivity index (χ1) is 14.8. The van der Waals surface area contributed by atoms with E-state index >= 15 is 0 Å². The van der Waals surface area contributed by atoms with Crippen molar-refractivity contribution < 1.29 is 14.9 Å². The molecule has 0 amide bonds. The molecular weight excluding hydrogens is 384 g/mol. The molecule has 3 heteroatoms. The first kappa shape index (κ1) is 30.9. The quantitative estimate of drug-likeness (QED) is 0.167. The summed E-state index contributed by atoms with van der Waals surface area (Å²) in [6, 6.07) is 0. The normalized spacial score (nSPS) is 16.1. The van der Waals surface area contributed by atoms with E-state index in [1.54, 1.807) is 0 Å². The predicted molar refractivity (Wildman–Crippen MR) is 136 cm³/mol. The lowest BCUT2D eigenvalue weighted by atomic mass is 9.94. The highest BCUT2D eigenvalue weighted by molar-refractivity contribution is 4.75. The van der Waals surface area contributed by atoms with Gasteiger partial charge in [-0.3, -0.25) is 0 Å². The van der Waals surface area contributed by atoms with Crippen LogP contribution in [0.3, 0.4) is 0 Å². The number of aliphatic hydroxyl groups excluding tert-OH is 2. The summed E-state index contributed by atoms with van der Waals surface area (Å²) >= 11 is 0. The molecule has 0 aliphatic carbocycles. The summed E-state index contributed by atoms with van der Waals surface area (Å²) in [5.74, 6) is 0.743. The molecule has 0 aliphatic heterocycles. The first-order valence-electron chi connectivity index (χ1n) is 13.8. The lowest BCUT2D eigenvalue weighted by Gasteiger charge is -2.32. The molecule has 31 heavy (non-hydrogen) atoms. The maximum Gasteiger partial charge on any atom is 0.0626 e. The van der Waals surface area contributed by atoms with Crippen LogP contribution in [0.25, 0.3) is 0 Å². The van der Waals surface area contributed by atoms with E-state index < -0.39 is 0 Å². The predicted octanol–water partition coefficient (Wildman–Crippen LogP) is 8.06. The van der Waals surface area contributed by atoms with Crippen LogP contribution in [-0.4, -0.2) is 34.6 Å². The van der Waals surface area contributed by atoms with Crippen molar-refractivity contribution in [3.05, 3.63) is 0 Å². The average Bonchev–Trinajstić information content (AvgIpc) is 2.71. The molecule has 0 saturated carbocycles. The fourth-order valence-corrected chi connectivity index (χ4v) is 4.29. The molecular formula is C28H58O3. The Labute approximate surface area is 195 Å². The summed E-state index contributed by atoms with van der Waals surface area (Å²) < 4.78 is 6.51. The number of rotatable bonds is 22. The van der Waals surface area contributed by atoms with Crippen LogP contribution in [0, 0.1) is 11.8 Å². The molecule has 188 valence electrons. The minimum absolute atomic E-state index is 0.0590. The minimum Gasteiger partial charge on any atom is -0.393 e. The molecule has 0 aromatic carbocycles. The molecule has 0 radical (unpaired) electrons. The van der Waals surface area contributed by atoms with Crippen LogP contribution in [0.4, 0.5) is 0 Å². The van der Waals surface area contributed by atoms with Gasteiger partial charge in [-0.05, 0) is 37.5 Å². The van der Waals surface area contributed by atoms with Crippen LogP contribution >= 0.6 is 0 Å². The highest BCUT2D eigenvalue weighted by Crippen LogP contribution is 2.24. The maximum absolute atomic E-state index is 10.6. The zero-order valence-electron chi connectivity index (χ0n) is 22.1. The molecule has 0 bridgehead atoms. The minimum atomic E-state index is -0.278. The second kappa shape index (κ2) is 20.5. The monoisotopic (exact) mass is 442 g/mol. The number of ether oxygens (including phenoxy) is 1.